The Hall–Kier alpha value is -2.24. The number of aryl methyl sites for hydroxylation is 2. The molecule has 0 radical (unpaired) electrons. The van der Waals surface area contributed by atoms with E-state index in [2.05, 4.69) is 11.6 Å². The smallest absolute Gasteiger partial charge is 0.263 e. The summed E-state index contributed by atoms with van der Waals surface area (Å²) in [6.45, 7) is 5.47. The molecule has 134 valence electrons. The first kappa shape index (κ1) is 18.5. The molecule has 2 aromatic rings. The maximum Gasteiger partial charge on any atom is 0.263 e. The van der Waals surface area contributed by atoms with Crippen LogP contribution in [0.25, 0.3) is 10.2 Å². The maximum absolute atomic E-state index is 13.0. The lowest BCUT2D eigenvalue weighted by molar-refractivity contribution is -0.117. The van der Waals surface area contributed by atoms with Crippen molar-refractivity contribution in [3.63, 3.8) is 0 Å². The Morgan fingerprint density at radius 3 is 3.00 bits per heavy atom. The van der Waals surface area contributed by atoms with Crippen LogP contribution in [0.3, 0.4) is 0 Å². The highest BCUT2D eigenvalue weighted by molar-refractivity contribution is 7.99. The topological polar surface area (TPSA) is 99.6 Å². The van der Waals surface area contributed by atoms with Crippen molar-refractivity contribution in [2.45, 2.75) is 37.9 Å². The summed E-state index contributed by atoms with van der Waals surface area (Å²) in [6, 6.07) is 1.85. The summed E-state index contributed by atoms with van der Waals surface area (Å²) in [6.07, 6.45) is 4.60. The third kappa shape index (κ3) is 3.24. The van der Waals surface area contributed by atoms with E-state index in [4.69, 9.17) is 10.7 Å². The molecule has 1 unspecified atom stereocenters. The van der Waals surface area contributed by atoms with Crippen molar-refractivity contribution < 1.29 is 4.79 Å². The predicted octanol–water partition coefficient (Wildman–Crippen LogP) is 2.97. The number of ketones is 1. The first-order valence-electron chi connectivity index (χ1n) is 8.24. The van der Waals surface area contributed by atoms with Gasteiger partial charge in [0.1, 0.15) is 10.7 Å². The Morgan fingerprint density at radius 1 is 1.58 bits per heavy atom. The molecule has 0 aliphatic heterocycles. The zero-order valence-electron chi connectivity index (χ0n) is 14.4. The molecule has 1 N–H and O–H groups in total. The summed E-state index contributed by atoms with van der Waals surface area (Å²) in [7, 11) is 0. The van der Waals surface area contributed by atoms with Crippen LogP contribution in [-0.4, -0.2) is 26.8 Å². The summed E-state index contributed by atoms with van der Waals surface area (Å²) in [5, 5.41) is 17.7. The van der Waals surface area contributed by atoms with Crippen molar-refractivity contribution in [1.82, 2.24) is 9.55 Å². The summed E-state index contributed by atoms with van der Waals surface area (Å²) >= 11 is 2.70. The highest BCUT2D eigenvalue weighted by Crippen LogP contribution is 2.35. The number of hydrogen-bond acceptors (Lipinski definition) is 7. The molecule has 0 fully saturated rings. The van der Waals surface area contributed by atoms with Gasteiger partial charge in [-0.25, -0.2) is 4.98 Å². The zero-order valence-corrected chi connectivity index (χ0v) is 16.0. The van der Waals surface area contributed by atoms with Crippen LogP contribution in [0.1, 0.15) is 23.8 Å². The van der Waals surface area contributed by atoms with Gasteiger partial charge < -0.3 is 5.41 Å². The lowest BCUT2D eigenvalue weighted by atomic mass is 10.0. The van der Waals surface area contributed by atoms with Crippen LogP contribution in [0.15, 0.2) is 22.6 Å². The van der Waals surface area contributed by atoms with E-state index in [1.54, 1.807) is 17.4 Å². The van der Waals surface area contributed by atoms with E-state index in [-0.39, 0.29) is 22.8 Å². The van der Waals surface area contributed by atoms with Gasteiger partial charge in [-0.15, -0.1) is 17.9 Å². The lowest BCUT2D eigenvalue weighted by Gasteiger charge is -2.11. The number of aromatic nitrogens is 2. The van der Waals surface area contributed by atoms with Crippen LogP contribution in [0, 0.1) is 22.7 Å². The first-order chi connectivity index (χ1) is 12.5. The lowest BCUT2D eigenvalue weighted by Crippen LogP contribution is -2.25. The largest absolute Gasteiger partial charge is 0.308 e. The van der Waals surface area contributed by atoms with Crippen molar-refractivity contribution in [3.05, 3.63) is 33.4 Å². The van der Waals surface area contributed by atoms with E-state index in [1.165, 1.54) is 16.4 Å². The number of fused-ring (bicyclic) bond motifs is 3. The third-order valence-corrected chi connectivity index (χ3v) is 6.51. The quantitative estimate of drug-likeness (QED) is 0.341. The Balaban J connectivity index is 1.98. The fraction of sp³-hybridized carbons (Fsp3) is 0.389. The van der Waals surface area contributed by atoms with Gasteiger partial charge in [0.05, 0.1) is 17.2 Å². The number of Topliss-reactive ketones (excluding diaryl/α,β-unsaturated/α-hetero) is 1. The van der Waals surface area contributed by atoms with Crippen molar-refractivity contribution in [1.29, 1.82) is 10.7 Å². The maximum atomic E-state index is 13.0. The van der Waals surface area contributed by atoms with Crippen molar-refractivity contribution in [3.8, 4) is 6.07 Å². The molecule has 6 nitrogen and oxygen atoms in total. The highest BCUT2D eigenvalue weighted by atomic mass is 32.2. The summed E-state index contributed by atoms with van der Waals surface area (Å²) < 4.78 is 1.54. The summed E-state index contributed by atoms with van der Waals surface area (Å²) in [5.41, 5.74) is 1.06. The van der Waals surface area contributed by atoms with Gasteiger partial charge in [-0.05, 0) is 31.7 Å². The SMILES string of the molecule is C=CCn1c(SCC(=O)C(C#N)C(C)=N)nc2sc3c(c2c1=O)CCC3. The normalized spacial score (nSPS) is 14.0. The molecule has 0 bridgehead atoms. The van der Waals surface area contributed by atoms with Crippen molar-refractivity contribution in [2.75, 3.05) is 5.75 Å². The van der Waals surface area contributed by atoms with Crippen LogP contribution < -0.4 is 5.56 Å². The van der Waals surface area contributed by atoms with E-state index in [0.29, 0.717) is 17.1 Å². The third-order valence-electron chi connectivity index (χ3n) is 4.33. The second-order valence-corrected chi connectivity index (χ2v) is 8.16. The monoisotopic (exact) mass is 386 g/mol. The van der Waals surface area contributed by atoms with Gasteiger partial charge in [-0.1, -0.05) is 17.8 Å². The fourth-order valence-electron chi connectivity index (χ4n) is 3.09. The molecule has 1 atom stereocenters. The molecular formula is C18H18N4O2S2. The molecule has 8 heteroatoms. The molecule has 26 heavy (non-hydrogen) atoms. The van der Waals surface area contributed by atoms with Crippen LogP contribution in [0.5, 0.6) is 0 Å². The Morgan fingerprint density at radius 2 is 2.35 bits per heavy atom. The van der Waals surface area contributed by atoms with Crippen LogP contribution >= 0.6 is 23.1 Å². The number of nitrogens with zero attached hydrogens (tertiary/aromatic N) is 3. The molecule has 0 spiro atoms. The van der Waals surface area contributed by atoms with Gasteiger partial charge in [0.15, 0.2) is 10.9 Å². The second-order valence-electron chi connectivity index (χ2n) is 6.14. The number of carbonyl (C=O) groups is 1. The number of hydrogen-bond donors (Lipinski definition) is 1. The number of nitriles is 1. The number of thioether (sulfide) groups is 1. The van der Waals surface area contributed by atoms with Crippen molar-refractivity contribution >= 4 is 44.8 Å². The average Bonchev–Trinajstić information content (AvgIpc) is 3.16. The molecule has 1 aliphatic rings. The molecule has 0 saturated carbocycles. The van der Waals surface area contributed by atoms with E-state index in [1.807, 2.05) is 6.07 Å². The highest BCUT2D eigenvalue weighted by Gasteiger charge is 2.24. The van der Waals surface area contributed by atoms with E-state index in [0.717, 1.165) is 41.4 Å². The molecule has 0 amide bonds. The summed E-state index contributed by atoms with van der Waals surface area (Å²) in [5.74, 6) is -1.40. The standard InChI is InChI=1S/C18H18N4O2S2/c1-3-7-22-17(24)15-11-5-4-6-14(11)26-16(15)21-18(22)25-9-13(23)12(8-19)10(2)20/h3,12,20H,1,4-7,9H2,2H3. The molecule has 2 aromatic heterocycles. The van der Waals surface area contributed by atoms with Gasteiger partial charge in [-0.2, -0.15) is 5.26 Å². The van der Waals surface area contributed by atoms with Gasteiger partial charge in [0.2, 0.25) is 0 Å². The van der Waals surface area contributed by atoms with Gasteiger partial charge >= 0.3 is 0 Å². The van der Waals surface area contributed by atoms with Crippen molar-refractivity contribution in [2.24, 2.45) is 5.92 Å². The Kier molecular flexibility index (Phi) is 5.39. The fourth-order valence-corrected chi connectivity index (χ4v) is 5.30. The molecule has 2 heterocycles. The zero-order chi connectivity index (χ0) is 18.8. The number of thiophene rings is 1. The minimum atomic E-state index is -1.05. The van der Waals surface area contributed by atoms with E-state index >= 15 is 0 Å². The van der Waals surface area contributed by atoms with Crippen LogP contribution in [0.2, 0.25) is 0 Å². The summed E-state index contributed by atoms with van der Waals surface area (Å²) in [4.78, 5) is 31.8. The predicted molar refractivity (Wildman–Crippen MR) is 104 cm³/mol. The molecule has 1 aliphatic carbocycles. The second kappa shape index (κ2) is 7.56. The minimum absolute atomic E-state index is 0.00533. The Labute approximate surface area is 159 Å². The van der Waals surface area contributed by atoms with Crippen LogP contribution in [0.4, 0.5) is 0 Å². The number of nitrogens with one attached hydrogen (secondary N) is 1. The minimum Gasteiger partial charge on any atom is -0.308 e. The molecule has 0 aromatic carbocycles. The van der Waals surface area contributed by atoms with Gasteiger partial charge in [0.25, 0.3) is 5.56 Å². The molecule has 3 rings (SSSR count). The number of allylic oxidation sites excluding steroid dienone is 1. The Bertz CT molecular complexity index is 1010. The van der Waals surface area contributed by atoms with E-state index < -0.39 is 5.92 Å². The van der Waals surface area contributed by atoms with E-state index in [9.17, 15) is 9.59 Å². The van der Waals surface area contributed by atoms with Crippen LogP contribution in [-0.2, 0) is 24.2 Å². The van der Waals surface area contributed by atoms with Gasteiger partial charge in [-0.3, -0.25) is 14.2 Å². The average molecular weight is 387 g/mol. The number of carbonyl (C=O) groups excluding carboxylic acids is 1. The first-order valence-corrected chi connectivity index (χ1v) is 10.0. The molecule has 0 saturated heterocycles. The molecular weight excluding hydrogens is 368 g/mol. The number of rotatable bonds is 7. The van der Waals surface area contributed by atoms with Gasteiger partial charge in [0, 0.05) is 17.1 Å².